The number of hydrogen-bond acceptors (Lipinski definition) is 6. The fourth-order valence-corrected chi connectivity index (χ4v) is 2.20. The minimum atomic E-state index is -0.139. The summed E-state index contributed by atoms with van der Waals surface area (Å²) in [4.78, 5) is 13.5. The Morgan fingerprint density at radius 3 is 3.00 bits per heavy atom. The van der Waals surface area contributed by atoms with Crippen LogP contribution in [0.25, 0.3) is 0 Å². The average molecular weight is 228 g/mol. The number of carbonyl (C=O) groups excluding carboxylic acids is 1. The normalized spacial score (nSPS) is 20.9. The lowest BCUT2D eigenvalue weighted by molar-refractivity contribution is 0.0780. The van der Waals surface area contributed by atoms with Gasteiger partial charge in [0.1, 0.15) is 0 Å². The molecule has 1 saturated heterocycles. The van der Waals surface area contributed by atoms with Crippen LogP contribution in [0.2, 0.25) is 0 Å². The van der Waals surface area contributed by atoms with Crippen molar-refractivity contribution >= 4 is 22.4 Å². The molecule has 0 bridgehead atoms. The second-order valence-corrected chi connectivity index (χ2v) is 4.54. The number of nitrogens with two attached hydrogens (primary N) is 1. The van der Waals surface area contributed by atoms with E-state index in [0.717, 1.165) is 17.8 Å². The van der Waals surface area contributed by atoms with E-state index in [4.69, 9.17) is 10.8 Å². The zero-order valence-electron chi connectivity index (χ0n) is 8.09. The average Bonchev–Trinajstić information content (AvgIpc) is 2.84. The van der Waals surface area contributed by atoms with Gasteiger partial charge in [0.25, 0.3) is 5.91 Å². The van der Waals surface area contributed by atoms with E-state index in [1.807, 2.05) is 0 Å². The van der Waals surface area contributed by atoms with Crippen LogP contribution in [0.5, 0.6) is 0 Å². The highest BCUT2D eigenvalue weighted by Gasteiger charge is 2.28. The van der Waals surface area contributed by atoms with Gasteiger partial charge >= 0.3 is 0 Å². The van der Waals surface area contributed by atoms with E-state index in [1.54, 1.807) is 4.90 Å². The lowest BCUT2D eigenvalue weighted by atomic mass is 10.1. The highest BCUT2D eigenvalue weighted by Crippen LogP contribution is 2.20. The van der Waals surface area contributed by atoms with Gasteiger partial charge in [-0.1, -0.05) is 11.3 Å². The van der Waals surface area contributed by atoms with Crippen LogP contribution in [0.15, 0.2) is 0 Å². The molecule has 1 aliphatic heterocycles. The molecule has 2 rings (SSSR count). The molecule has 0 saturated carbocycles. The fraction of sp³-hybridized carbons (Fsp3) is 0.625. The molecule has 1 atom stereocenters. The number of nitrogen functional groups attached to an aromatic ring is 1. The molecule has 0 spiro atoms. The van der Waals surface area contributed by atoms with Crippen LogP contribution in [0, 0.1) is 5.92 Å². The van der Waals surface area contributed by atoms with Gasteiger partial charge in [0.2, 0.25) is 10.1 Å². The number of aromatic nitrogens is 2. The number of anilines is 1. The van der Waals surface area contributed by atoms with E-state index in [1.165, 1.54) is 0 Å². The van der Waals surface area contributed by atoms with Crippen molar-refractivity contribution in [2.75, 3.05) is 25.4 Å². The van der Waals surface area contributed by atoms with Gasteiger partial charge < -0.3 is 15.7 Å². The maximum Gasteiger partial charge on any atom is 0.284 e. The zero-order valence-corrected chi connectivity index (χ0v) is 8.90. The molecule has 7 heteroatoms. The zero-order chi connectivity index (χ0) is 10.8. The highest BCUT2D eigenvalue weighted by molar-refractivity contribution is 7.16. The van der Waals surface area contributed by atoms with Crippen molar-refractivity contribution in [2.24, 2.45) is 5.92 Å². The molecule has 82 valence electrons. The molecular weight excluding hydrogens is 216 g/mol. The Morgan fingerprint density at radius 2 is 2.47 bits per heavy atom. The van der Waals surface area contributed by atoms with Crippen LogP contribution >= 0.6 is 11.3 Å². The first-order valence-electron chi connectivity index (χ1n) is 4.70. The summed E-state index contributed by atoms with van der Waals surface area (Å²) in [7, 11) is 0. The smallest absolute Gasteiger partial charge is 0.284 e. The lowest BCUT2D eigenvalue weighted by Crippen LogP contribution is -2.29. The van der Waals surface area contributed by atoms with Gasteiger partial charge in [0, 0.05) is 25.6 Å². The molecule has 0 aliphatic carbocycles. The lowest BCUT2D eigenvalue weighted by Gasteiger charge is -2.13. The van der Waals surface area contributed by atoms with E-state index in [2.05, 4.69) is 10.2 Å². The number of hydrogen-bond donors (Lipinski definition) is 2. The number of amides is 1. The van der Waals surface area contributed by atoms with Crippen LogP contribution in [0.4, 0.5) is 5.13 Å². The molecule has 1 amide bonds. The van der Waals surface area contributed by atoms with E-state index in [-0.39, 0.29) is 18.4 Å². The second-order valence-electron chi connectivity index (χ2n) is 3.53. The summed E-state index contributed by atoms with van der Waals surface area (Å²) in [6.07, 6.45) is 0.844. The van der Waals surface area contributed by atoms with Crippen molar-refractivity contribution in [1.82, 2.24) is 15.1 Å². The Bertz CT molecular complexity index is 367. The van der Waals surface area contributed by atoms with Crippen LogP contribution < -0.4 is 5.73 Å². The Kier molecular flexibility index (Phi) is 2.83. The van der Waals surface area contributed by atoms with Gasteiger partial charge in [-0.2, -0.15) is 0 Å². The predicted octanol–water partition coefficient (Wildman–Crippen LogP) is -0.425. The molecule has 1 unspecified atom stereocenters. The molecule has 3 N–H and O–H groups in total. The van der Waals surface area contributed by atoms with Gasteiger partial charge in [-0.05, 0) is 6.42 Å². The summed E-state index contributed by atoms with van der Waals surface area (Å²) in [6.45, 7) is 1.39. The minimum absolute atomic E-state index is 0.127. The van der Waals surface area contributed by atoms with Crippen LogP contribution in [0.1, 0.15) is 16.2 Å². The molecular formula is C8H12N4O2S. The topological polar surface area (TPSA) is 92.3 Å². The molecule has 2 heterocycles. The van der Waals surface area contributed by atoms with Crippen LogP contribution in [-0.4, -0.2) is 45.8 Å². The summed E-state index contributed by atoms with van der Waals surface area (Å²) in [6, 6.07) is 0. The molecule has 1 aromatic rings. The molecule has 1 fully saturated rings. The summed E-state index contributed by atoms with van der Waals surface area (Å²) in [5.74, 6) is 0.0550. The largest absolute Gasteiger partial charge is 0.396 e. The van der Waals surface area contributed by atoms with Gasteiger partial charge in [-0.25, -0.2) is 0 Å². The van der Waals surface area contributed by atoms with Crippen molar-refractivity contribution in [1.29, 1.82) is 0 Å². The van der Waals surface area contributed by atoms with E-state index >= 15 is 0 Å². The monoisotopic (exact) mass is 228 g/mol. The number of aliphatic hydroxyl groups excluding tert-OH is 1. The minimum Gasteiger partial charge on any atom is -0.396 e. The quantitative estimate of drug-likeness (QED) is 0.717. The molecule has 6 nitrogen and oxygen atoms in total. The van der Waals surface area contributed by atoms with Crippen molar-refractivity contribution < 1.29 is 9.90 Å². The predicted molar refractivity (Wildman–Crippen MR) is 55.4 cm³/mol. The number of rotatable bonds is 2. The van der Waals surface area contributed by atoms with Crippen molar-refractivity contribution in [3.05, 3.63) is 5.01 Å². The SMILES string of the molecule is Nc1nnc(C(=O)N2CCC(CO)C2)s1. The molecule has 0 radical (unpaired) electrons. The number of likely N-dealkylation sites (tertiary alicyclic amines) is 1. The van der Waals surface area contributed by atoms with E-state index in [0.29, 0.717) is 23.2 Å². The third-order valence-electron chi connectivity index (χ3n) is 2.45. The first-order chi connectivity index (χ1) is 7.20. The van der Waals surface area contributed by atoms with Gasteiger partial charge in [-0.3, -0.25) is 4.79 Å². The summed E-state index contributed by atoms with van der Waals surface area (Å²) < 4.78 is 0. The number of nitrogens with zero attached hydrogens (tertiary/aromatic N) is 3. The molecule has 15 heavy (non-hydrogen) atoms. The van der Waals surface area contributed by atoms with Gasteiger partial charge in [-0.15, -0.1) is 10.2 Å². The van der Waals surface area contributed by atoms with Gasteiger partial charge in [0.15, 0.2) is 0 Å². The van der Waals surface area contributed by atoms with Crippen molar-refractivity contribution in [3.63, 3.8) is 0 Å². The molecule has 1 aromatic heterocycles. The Labute approximate surface area is 90.7 Å². The third kappa shape index (κ3) is 2.07. The Morgan fingerprint density at radius 1 is 1.67 bits per heavy atom. The maximum atomic E-state index is 11.8. The third-order valence-corrected chi connectivity index (χ3v) is 3.20. The second kappa shape index (κ2) is 4.11. The standard InChI is InChI=1S/C8H12N4O2S/c9-8-11-10-6(15-8)7(14)12-2-1-5(3-12)4-13/h5,13H,1-4H2,(H2,9,11). The number of aliphatic hydroxyl groups is 1. The van der Waals surface area contributed by atoms with Crippen molar-refractivity contribution in [2.45, 2.75) is 6.42 Å². The van der Waals surface area contributed by atoms with E-state index in [9.17, 15) is 4.79 Å². The first-order valence-corrected chi connectivity index (χ1v) is 5.51. The van der Waals surface area contributed by atoms with Crippen molar-refractivity contribution in [3.8, 4) is 0 Å². The molecule has 0 aromatic carbocycles. The fourth-order valence-electron chi connectivity index (χ4n) is 1.62. The first kappa shape index (κ1) is 10.3. The highest BCUT2D eigenvalue weighted by atomic mass is 32.1. The molecule has 1 aliphatic rings. The van der Waals surface area contributed by atoms with Crippen LogP contribution in [0.3, 0.4) is 0 Å². The summed E-state index contributed by atoms with van der Waals surface area (Å²) in [5.41, 5.74) is 5.40. The van der Waals surface area contributed by atoms with Gasteiger partial charge in [0.05, 0.1) is 0 Å². The van der Waals surface area contributed by atoms with Crippen LogP contribution in [-0.2, 0) is 0 Å². The van der Waals surface area contributed by atoms with E-state index < -0.39 is 0 Å². The maximum absolute atomic E-state index is 11.8. The summed E-state index contributed by atoms with van der Waals surface area (Å²) in [5, 5.41) is 16.9. The number of carbonyl (C=O) groups is 1. The summed E-state index contributed by atoms with van der Waals surface area (Å²) >= 11 is 1.09. The Balaban J connectivity index is 2.03. The Hall–Kier alpha value is -1.21.